The van der Waals surface area contributed by atoms with Crippen molar-refractivity contribution in [2.45, 2.75) is 39.2 Å². The fourth-order valence-electron chi connectivity index (χ4n) is 4.35. The average Bonchev–Trinajstić information content (AvgIpc) is 3.44. The molecule has 154 valence electrons. The molecule has 1 atom stereocenters. The smallest absolute Gasteiger partial charge is 0.253 e. The number of carbonyl (C=O) groups is 2. The molecule has 0 spiro atoms. The Labute approximate surface area is 176 Å². The number of hydrogen-bond acceptors (Lipinski definition) is 4. The maximum absolute atomic E-state index is 12.8. The molecule has 2 aromatic rings. The Kier molecular flexibility index (Phi) is 6.01. The Bertz CT molecular complexity index is 886. The van der Waals surface area contributed by atoms with Crippen molar-refractivity contribution >= 4 is 28.8 Å². The molecule has 2 aliphatic rings. The SMILES string of the molecule is CCN(CC)C(=O)c1cccc(NC(=O)CN2CCc3sccc3[C@H]2C2CC2)c1. The molecule has 1 aliphatic carbocycles. The number of amides is 2. The lowest BCUT2D eigenvalue weighted by Gasteiger charge is -2.35. The van der Waals surface area contributed by atoms with Crippen molar-refractivity contribution in [2.24, 2.45) is 5.92 Å². The summed E-state index contributed by atoms with van der Waals surface area (Å²) in [5.41, 5.74) is 2.73. The second-order valence-corrected chi connectivity index (χ2v) is 8.91. The Hall–Kier alpha value is -2.18. The third-order valence-corrected chi connectivity index (χ3v) is 6.97. The summed E-state index contributed by atoms with van der Waals surface area (Å²) in [5.74, 6) is 0.675. The van der Waals surface area contributed by atoms with E-state index in [-0.39, 0.29) is 11.8 Å². The molecule has 6 heteroatoms. The standard InChI is InChI=1S/C23H29N3O2S/c1-3-25(4-2)23(28)17-6-5-7-18(14-17)24-21(27)15-26-12-10-20-19(11-13-29-20)22(26)16-8-9-16/h5-7,11,13-14,16,22H,3-4,8-10,12,15H2,1-2H3,(H,24,27)/t22-/m1/s1. The predicted molar refractivity (Wildman–Crippen MR) is 117 cm³/mol. The van der Waals surface area contributed by atoms with Crippen molar-refractivity contribution in [3.8, 4) is 0 Å². The first-order valence-electron chi connectivity index (χ1n) is 10.6. The highest BCUT2D eigenvalue weighted by Crippen LogP contribution is 2.48. The Morgan fingerprint density at radius 3 is 2.72 bits per heavy atom. The monoisotopic (exact) mass is 411 g/mol. The summed E-state index contributed by atoms with van der Waals surface area (Å²) in [5, 5.41) is 5.19. The van der Waals surface area contributed by atoms with Crippen LogP contribution in [-0.2, 0) is 11.2 Å². The minimum absolute atomic E-state index is 0.000846. The topological polar surface area (TPSA) is 52.7 Å². The quantitative estimate of drug-likeness (QED) is 0.744. The van der Waals surface area contributed by atoms with E-state index >= 15 is 0 Å². The fourth-order valence-corrected chi connectivity index (χ4v) is 5.26. The van der Waals surface area contributed by atoms with E-state index in [1.54, 1.807) is 11.0 Å². The minimum atomic E-state index is -0.0123. The van der Waals surface area contributed by atoms with Gasteiger partial charge in [0.15, 0.2) is 0 Å². The van der Waals surface area contributed by atoms with E-state index < -0.39 is 0 Å². The molecule has 1 fully saturated rings. The normalized spacial score (nSPS) is 18.9. The molecule has 0 bridgehead atoms. The van der Waals surface area contributed by atoms with Gasteiger partial charge in [-0.05, 0) is 74.2 Å². The van der Waals surface area contributed by atoms with Gasteiger partial charge in [0.2, 0.25) is 5.91 Å². The number of carbonyl (C=O) groups excluding carboxylic acids is 2. The van der Waals surface area contributed by atoms with Crippen LogP contribution in [0.3, 0.4) is 0 Å². The van der Waals surface area contributed by atoms with E-state index in [1.165, 1.54) is 23.3 Å². The van der Waals surface area contributed by atoms with Gasteiger partial charge < -0.3 is 10.2 Å². The molecule has 4 rings (SSSR count). The van der Waals surface area contributed by atoms with E-state index in [9.17, 15) is 9.59 Å². The summed E-state index contributed by atoms with van der Waals surface area (Å²) in [4.78, 5) is 31.0. The number of hydrogen-bond donors (Lipinski definition) is 1. The van der Waals surface area contributed by atoms with Crippen molar-refractivity contribution in [2.75, 3.05) is 31.5 Å². The van der Waals surface area contributed by atoms with Gasteiger partial charge in [0.25, 0.3) is 5.91 Å². The number of nitrogens with zero attached hydrogens (tertiary/aromatic N) is 2. The van der Waals surface area contributed by atoms with Crippen molar-refractivity contribution < 1.29 is 9.59 Å². The molecule has 0 unspecified atom stereocenters. The van der Waals surface area contributed by atoms with E-state index in [0.717, 1.165) is 13.0 Å². The average molecular weight is 412 g/mol. The highest BCUT2D eigenvalue weighted by molar-refractivity contribution is 7.10. The first-order chi connectivity index (χ1) is 14.1. The predicted octanol–water partition coefficient (Wildman–Crippen LogP) is 4.18. The number of anilines is 1. The van der Waals surface area contributed by atoms with Gasteiger partial charge in [-0.3, -0.25) is 14.5 Å². The molecule has 1 saturated carbocycles. The lowest BCUT2D eigenvalue weighted by molar-refractivity contribution is -0.118. The molecule has 0 saturated heterocycles. The summed E-state index contributed by atoms with van der Waals surface area (Å²) in [6.07, 6.45) is 3.54. The van der Waals surface area contributed by atoms with Crippen LogP contribution in [0.15, 0.2) is 35.7 Å². The van der Waals surface area contributed by atoms with Crippen LogP contribution in [0.4, 0.5) is 5.69 Å². The highest BCUT2D eigenvalue weighted by Gasteiger charge is 2.40. The van der Waals surface area contributed by atoms with Gasteiger partial charge in [0, 0.05) is 41.8 Å². The molecule has 2 amide bonds. The van der Waals surface area contributed by atoms with Crippen LogP contribution in [0.25, 0.3) is 0 Å². The molecule has 1 N–H and O–H groups in total. The van der Waals surface area contributed by atoms with Crippen LogP contribution < -0.4 is 5.32 Å². The largest absolute Gasteiger partial charge is 0.339 e. The summed E-state index contributed by atoms with van der Waals surface area (Å²) in [7, 11) is 0. The number of fused-ring (bicyclic) bond motifs is 1. The van der Waals surface area contributed by atoms with Crippen LogP contribution in [-0.4, -0.2) is 47.8 Å². The van der Waals surface area contributed by atoms with E-state index in [4.69, 9.17) is 0 Å². The lowest BCUT2D eigenvalue weighted by atomic mass is 9.96. The van der Waals surface area contributed by atoms with Gasteiger partial charge in [-0.15, -0.1) is 11.3 Å². The summed E-state index contributed by atoms with van der Waals surface area (Å²) in [6, 6.07) is 9.90. The van der Waals surface area contributed by atoms with Gasteiger partial charge in [0.05, 0.1) is 6.54 Å². The minimum Gasteiger partial charge on any atom is -0.339 e. The number of nitrogens with one attached hydrogen (secondary N) is 1. The molecule has 2 heterocycles. The van der Waals surface area contributed by atoms with Gasteiger partial charge in [-0.2, -0.15) is 0 Å². The Balaban J connectivity index is 1.42. The van der Waals surface area contributed by atoms with Crippen molar-refractivity contribution in [1.82, 2.24) is 9.80 Å². The zero-order chi connectivity index (χ0) is 20.4. The second-order valence-electron chi connectivity index (χ2n) is 7.91. The van der Waals surface area contributed by atoms with Crippen molar-refractivity contribution in [3.63, 3.8) is 0 Å². The Morgan fingerprint density at radius 1 is 1.21 bits per heavy atom. The molecule has 1 aromatic carbocycles. The van der Waals surface area contributed by atoms with E-state index in [2.05, 4.69) is 21.7 Å². The number of benzene rings is 1. The molecular weight excluding hydrogens is 382 g/mol. The zero-order valence-corrected chi connectivity index (χ0v) is 18.0. The second kappa shape index (κ2) is 8.67. The van der Waals surface area contributed by atoms with E-state index in [0.29, 0.717) is 42.8 Å². The Morgan fingerprint density at radius 2 is 2.00 bits per heavy atom. The third kappa shape index (κ3) is 4.38. The van der Waals surface area contributed by atoms with Crippen LogP contribution in [0, 0.1) is 5.92 Å². The van der Waals surface area contributed by atoms with Crippen molar-refractivity contribution in [1.29, 1.82) is 0 Å². The number of rotatable bonds is 7. The summed E-state index contributed by atoms with van der Waals surface area (Å²) >= 11 is 1.84. The van der Waals surface area contributed by atoms with Crippen LogP contribution in [0.2, 0.25) is 0 Å². The molecule has 5 nitrogen and oxygen atoms in total. The number of thiophene rings is 1. The maximum Gasteiger partial charge on any atom is 0.253 e. The first kappa shape index (κ1) is 20.1. The van der Waals surface area contributed by atoms with Gasteiger partial charge >= 0.3 is 0 Å². The molecule has 0 radical (unpaired) electrons. The van der Waals surface area contributed by atoms with Gasteiger partial charge in [-0.1, -0.05) is 6.07 Å². The third-order valence-electron chi connectivity index (χ3n) is 5.98. The molecule has 1 aliphatic heterocycles. The van der Waals surface area contributed by atoms with E-state index in [1.807, 2.05) is 43.4 Å². The molecular formula is C23H29N3O2S. The van der Waals surface area contributed by atoms with Crippen LogP contribution in [0.5, 0.6) is 0 Å². The molecule has 29 heavy (non-hydrogen) atoms. The van der Waals surface area contributed by atoms with Crippen LogP contribution in [0.1, 0.15) is 53.5 Å². The molecule has 1 aromatic heterocycles. The maximum atomic E-state index is 12.8. The summed E-state index contributed by atoms with van der Waals surface area (Å²) < 4.78 is 0. The zero-order valence-electron chi connectivity index (χ0n) is 17.2. The van der Waals surface area contributed by atoms with Gasteiger partial charge in [-0.25, -0.2) is 0 Å². The van der Waals surface area contributed by atoms with Crippen LogP contribution >= 0.6 is 11.3 Å². The first-order valence-corrected chi connectivity index (χ1v) is 11.5. The highest BCUT2D eigenvalue weighted by atomic mass is 32.1. The lowest BCUT2D eigenvalue weighted by Crippen LogP contribution is -2.41. The van der Waals surface area contributed by atoms with Gasteiger partial charge in [0.1, 0.15) is 0 Å². The van der Waals surface area contributed by atoms with Crippen molar-refractivity contribution in [3.05, 3.63) is 51.7 Å². The summed E-state index contributed by atoms with van der Waals surface area (Å²) in [6.45, 7) is 6.62. The fraction of sp³-hybridized carbons (Fsp3) is 0.478.